The molecular formula is C16H23FN2O. The summed E-state index contributed by atoms with van der Waals surface area (Å²) in [6.07, 6.45) is 6.00. The molecule has 0 aromatic heterocycles. The van der Waals surface area contributed by atoms with Crippen LogP contribution in [-0.2, 0) is 11.2 Å². The first kappa shape index (κ1) is 15.0. The second-order valence-corrected chi connectivity index (χ2v) is 5.43. The molecule has 0 saturated carbocycles. The van der Waals surface area contributed by atoms with Crippen LogP contribution >= 0.6 is 0 Å². The summed E-state index contributed by atoms with van der Waals surface area (Å²) >= 11 is 0. The molecule has 2 rings (SSSR count). The third kappa shape index (κ3) is 5.29. The Morgan fingerprint density at radius 2 is 2.05 bits per heavy atom. The van der Waals surface area contributed by atoms with Gasteiger partial charge in [0, 0.05) is 19.0 Å². The van der Waals surface area contributed by atoms with Crippen LogP contribution in [0, 0.1) is 5.82 Å². The van der Waals surface area contributed by atoms with Crippen LogP contribution in [0.4, 0.5) is 4.39 Å². The standard InChI is InChI=1S/C16H23FN2O/c17-14-8-5-13(6-9-14)7-10-16(20)19-12-15-4-2-1-3-11-18-15/h5-6,8-9,15,18H,1-4,7,10-12H2,(H,19,20). The molecule has 1 unspecified atom stereocenters. The van der Waals surface area contributed by atoms with Crippen LogP contribution in [-0.4, -0.2) is 25.0 Å². The Labute approximate surface area is 120 Å². The molecule has 4 heteroatoms. The minimum Gasteiger partial charge on any atom is -0.355 e. The van der Waals surface area contributed by atoms with Gasteiger partial charge in [0.2, 0.25) is 5.91 Å². The molecule has 1 heterocycles. The molecule has 1 fully saturated rings. The van der Waals surface area contributed by atoms with E-state index in [0.29, 0.717) is 25.4 Å². The van der Waals surface area contributed by atoms with E-state index in [-0.39, 0.29) is 11.7 Å². The van der Waals surface area contributed by atoms with Gasteiger partial charge in [0.1, 0.15) is 5.82 Å². The molecule has 1 atom stereocenters. The summed E-state index contributed by atoms with van der Waals surface area (Å²) in [5, 5.41) is 6.45. The van der Waals surface area contributed by atoms with Gasteiger partial charge in [0.15, 0.2) is 0 Å². The Morgan fingerprint density at radius 3 is 2.85 bits per heavy atom. The average molecular weight is 278 g/mol. The van der Waals surface area contributed by atoms with Crippen molar-refractivity contribution in [3.05, 3.63) is 35.6 Å². The van der Waals surface area contributed by atoms with Gasteiger partial charge < -0.3 is 10.6 Å². The quantitative estimate of drug-likeness (QED) is 0.868. The first-order valence-corrected chi connectivity index (χ1v) is 7.48. The Kier molecular flexibility index (Phi) is 5.99. The van der Waals surface area contributed by atoms with E-state index in [4.69, 9.17) is 0 Å². The van der Waals surface area contributed by atoms with E-state index >= 15 is 0 Å². The Morgan fingerprint density at radius 1 is 1.25 bits per heavy atom. The van der Waals surface area contributed by atoms with Gasteiger partial charge in [-0.3, -0.25) is 4.79 Å². The lowest BCUT2D eigenvalue weighted by Crippen LogP contribution is -2.40. The van der Waals surface area contributed by atoms with Gasteiger partial charge in [-0.25, -0.2) is 4.39 Å². The van der Waals surface area contributed by atoms with Crippen LogP contribution in [0.5, 0.6) is 0 Å². The molecule has 3 nitrogen and oxygen atoms in total. The van der Waals surface area contributed by atoms with Gasteiger partial charge in [0.25, 0.3) is 0 Å². The Hall–Kier alpha value is -1.42. The number of amides is 1. The zero-order chi connectivity index (χ0) is 14.2. The highest BCUT2D eigenvalue weighted by Gasteiger charge is 2.12. The number of halogens is 1. The second-order valence-electron chi connectivity index (χ2n) is 5.43. The minimum atomic E-state index is -0.238. The van der Waals surface area contributed by atoms with Crippen molar-refractivity contribution in [2.45, 2.75) is 44.6 Å². The predicted molar refractivity (Wildman–Crippen MR) is 78.0 cm³/mol. The van der Waals surface area contributed by atoms with Crippen LogP contribution in [0.25, 0.3) is 0 Å². The monoisotopic (exact) mass is 278 g/mol. The number of aryl methyl sites for hydroxylation is 1. The lowest BCUT2D eigenvalue weighted by Gasteiger charge is -2.16. The number of carbonyl (C=O) groups is 1. The third-order valence-corrected chi connectivity index (χ3v) is 3.76. The fourth-order valence-electron chi connectivity index (χ4n) is 2.51. The highest BCUT2D eigenvalue weighted by molar-refractivity contribution is 5.76. The summed E-state index contributed by atoms with van der Waals surface area (Å²) < 4.78 is 12.8. The van der Waals surface area contributed by atoms with Gasteiger partial charge in [-0.2, -0.15) is 0 Å². The highest BCUT2D eigenvalue weighted by Crippen LogP contribution is 2.08. The normalized spacial score (nSPS) is 19.4. The average Bonchev–Trinajstić information content (AvgIpc) is 2.73. The van der Waals surface area contributed by atoms with Gasteiger partial charge in [0.05, 0.1) is 0 Å². The molecular weight excluding hydrogens is 255 g/mol. The van der Waals surface area contributed by atoms with E-state index < -0.39 is 0 Å². The van der Waals surface area contributed by atoms with Crippen molar-refractivity contribution >= 4 is 5.91 Å². The fraction of sp³-hybridized carbons (Fsp3) is 0.562. The van der Waals surface area contributed by atoms with Crippen molar-refractivity contribution in [1.82, 2.24) is 10.6 Å². The topological polar surface area (TPSA) is 41.1 Å². The summed E-state index contributed by atoms with van der Waals surface area (Å²) in [5.41, 5.74) is 0.995. The predicted octanol–water partition coefficient (Wildman–Crippen LogP) is 2.41. The van der Waals surface area contributed by atoms with E-state index in [1.54, 1.807) is 12.1 Å². The molecule has 1 amide bonds. The lowest BCUT2D eigenvalue weighted by molar-refractivity contribution is -0.121. The van der Waals surface area contributed by atoms with E-state index in [2.05, 4.69) is 10.6 Å². The SMILES string of the molecule is O=C(CCc1ccc(F)cc1)NCC1CCCCCN1. The van der Waals surface area contributed by atoms with Gasteiger partial charge in [-0.15, -0.1) is 0 Å². The fourth-order valence-corrected chi connectivity index (χ4v) is 2.51. The van der Waals surface area contributed by atoms with Gasteiger partial charge in [-0.05, 0) is 43.5 Å². The molecule has 1 aromatic carbocycles. The first-order chi connectivity index (χ1) is 9.74. The Bertz CT molecular complexity index is 411. The first-order valence-electron chi connectivity index (χ1n) is 7.48. The van der Waals surface area contributed by atoms with Crippen molar-refractivity contribution in [1.29, 1.82) is 0 Å². The summed E-state index contributed by atoms with van der Waals surface area (Å²) in [5.74, 6) is -0.169. The zero-order valence-corrected chi connectivity index (χ0v) is 11.8. The van der Waals surface area contributed by atoms with Crippen LogP contribution < -0.4 is 10.6 Å². The van der Waals surface area contributed by atoms with E-state index in [0.717, 1.165) is 18.5 Å². The van der Waals surface area contributed by atoms with Crippen LogP contribution in [0.2, 0.25) is 0 Å². The van der Waals surface area contributed by atoms with Crippen molar-refractivity contribution in [3.63, 3.8) is 0 Å². The molecule has 20 heavy (non-hydrogen) atoms. The minimum absolute atomic E-state index is 0.0698. The van der Waals surface area contributed by atoms with Gasteiger partial charge in [-0.1, -0.05) is 25.0 Å². The second kappa shape index (κ2) is 8.00. The maximum absolute atomic E-state index is 12.8. The molecule has 0 aliphatic carbocycles. The molecule has 0 radical (unpaired) electrons. The van der Waals surface area contributed by atoms with Crippen LogP contribution in [0.15, 0.2) is 24.3 Å². The number of nitrogens with one attached hydrogen (secondary N) is 2. The van der Waals surface area contributed by atoms with E-state index in [9.17, 15) is 9.18 Å². The summed E-state index contributed by atoms with van der Waals surface area (Å²) in [6.45, 7) is 1.76. The molecule has 1 aliphatic rings. The number of benzene rings is 1. The summed E-state index contributed by atoms with van der Waals surface area (Å²) in [4.78, 5) is 11.8. The summed E-state index contributed by atoms with van der Waals surface area (Å²) in [7, 11) is 0. The highest BCUT2D eigenvalue weighted by atomic mass is 19.1. The maximum atomic E-state index is 12.8. The van der Waals surface area contributed by atoms with Gasteiger partial charge >= 0.3 is 0 Å². The van der Waals surface area contributed by atoms with Crippen molar-refractivity contribution < 1.29 is 9.18 Å². The van der Waals surface area contributed by atoms with Crippen molar-refractivity contribution in [2.24, 2.45) is 0 Å². The van der Waals surface area contributed by atoms with Crippen LogP contribution in [0.1, 0.15) is 37.7 Å². The smallest absolute Gasteiger partial charge is 0.220 e. The van der Waals surface area contributed by atoms with Crippen molar-refractivity contribution in [2.75, 3.05) is 13.1 Å². The van der Waals surface area contributed by atoms with E-state index in [1.165, 1.54) is 31.4 Å². The molecule has 1 saturated heterocycles. The summed E-state index contributed by atoms with van der Waals surface area (Å²) in [6, 6.07) is 6.74. The van der Waals surface area contributed by atoms with E-state index in [1.807, 2.05) is 0 Å². The number of hydrogen-bond donors (Lipinski definition) is 2. The number of carbonyl (C=O) groups excluding carboxylic acids is 1. The molecule has 1 aromatic rings. The zero-order valence-electron chi connectivity index (χ0n) is 11.8. The molecule has 2 N–H and O–H groups in total. The molecule has 1 aliphatic heterocycles. The van der Waals surface area contributed by atoms with Crippen LogP contribution in [0.3, 0.4) is 0 Å². The molecule has 0 spiro atoms. The maximum Gasteiger partial charge on any atom is 0.220 e. The Balaban J connectivity index is 1.66. The molecule has 0 bridgehead atoms. The third-order valence-electron chi connectivity index (χ3n) is 3.76. The molecule has 110 valence electrons. The lowest BCUT2D eigenvalue weighted by atomic mass is 10.1. The largest absolute Gasteiger partial charge is 0.355 e. The number of hydrogen-bond acceptors (Lipinski definition) is 2. The van der Waals surface area contributed by atoms with Crippen molar-refractivity contribution in [3.8, 4) is 0 Å². The number of rotatable bonds is 5.